The Labute approximate surface area is 180 Å². The number of rotatable bonds is 6. The van der Waals surface area contributed by atoms with Gasteiger partial charge in [-0.3, -0.25) is 14.4 Å². The van der Waals surface area contributed by atoms with Gasteiger partial charge in [0.05, 0.1) is 5.56 Å². The van der Waals surface area contributed by atoms with Gasteiger partial charge in [0.25, 0.3) is 5.91 Å². The highest BCUT2D eigenvalue weighted by Gasteiger charge is 2.27. The van der Waals surface area contributed by atoms with Crippen LogP contribution in [0.15, 0.2) is 66.7 Å². The lowest BCUT2D eigenvalue weighted by molar-refractivity contribution is -0.136. The van der Waals surface area contributed by atoms with Crippen molar-refractivity contribution >= 4 is 34.6 Å². The van der Waals surface area contributed by atoms with Crippen LogP contribution in [-0.4, -0.2) is 42.7 Å². The van der Waals surface area contributed by atoms with Crippen molar-refractivity contribution in [2.75, 3.05) is 25.0 Å². The van der Waals surface area contributed by atoms with Crippen LogP contribution in [0.5, 0.6) is 5.75 Å². The summed E-state index contributed by atoms with van der Waals surface area (Å²) in [7, 11) is 0. The van der Waals surface area contributed by atoms with Crippen molar-refractivity contribution in [2.45, 2.75) is 12.8 Å². The Kier molecular flexibility index (Phi) is 6.26. The van der Waals surface area contributed by atoms with E-state index >= 15 is 0 Å². The zero-order valence-electron chi connectivity index (χ0n) is 17.1. The molecule has 6 heteroatoms. The van der Waals surface area contributed by atoms with Crippen molar-refractivity contribution in [1.29, 1.82) is 0 Å². The van der Waals surface area contributed by atoms with Crippen LogP contribution in [0.25, 0.3) is 10.8 Å². The molecule has 0 unspecified atom stereocenters. The van der Waals surface area contributed by atoms with Crippen LogP contribution in [0.3, 0.4) is 0 Å². The van der Waals surface area contributed by atoms with Gasteiger partial charge in [-0.25, -0.2) is 0 Å². The number of fused-ring (bicyclic) bond motifs is 1. The molecule has 4 rings (SSSR count). The van der Waals surface area contributed by atoms with Gasteiger partial charge < -0.3 is 15.0 Å². The van der Waals surface area contributed by atoms with E-state index in [0.717, 1.165) is 22.7 Å². The van der Waals surface area contributed by atoms with Crippen molar-refractivity contribution in [1.82, 2.24) is 4.90 Å². The van der Waals surface area contributed by atoms with Gasteiger partial charge in [-0.1, -0.05) is 48.5 Å². The summed E-state index contributed by atoms with van der Waals surface area (Å²) in [6, 6.07) is 20.5. The molecule has 0 bridgehead atoms. The molecule has 3 aromatic carbocycles. The van der Waals surface area contributed by atoms with E-state index < -0.39 is 0 Å². The average Bonchev–Trinajstić information content (AvgIpc) is 2.82. The molecule has 3 aromatic rings. The van der Waals surface area contributed by atoms with Gasteiger partial charge >= 0.3 is 0 Å². The molecule has 1 fully saturated rings. The lowest BCUT2D eigenvalue weighted by Crippen LogP contribution is -2.43. The van der Waals surface area contributed by atoms with E-state index in [1.807, 2.05) is 60.7 Å². The minimum atomic E-state index is -0.146. The van der Waals surface area contributed by atoms with Gasteiger partial charge in [-0.05, 0) is 41.8 Å². The predicted octanol–water partition coefficient (Wildman–Crippen LogP) is 3.91. The summed E-state index contributed by atoms with van der Waals surface area (Å²) < 4.78 is 5.70. The third kappa shape index (κ3) is 4.74. The number of amides is 2. The first kappa shape index (κ1) is 20.6. The maximum atomic E-state index is 12.6. The molecule has 1 saturated heterocycles. The minimum absolute atomic E-state index is 0.0127. The van der Waals surface area contributed by atoms with E-state index in [1.54, 1.807) is 11.0 Å². The summed E-state index contributed by atoms with van der Waals surface area (Å²) in [5.41, 5.74) is 1.22. The Morgan fingerprint density at radius 2 is 1.68 bits per heavy atom. The molecule has 6 nitrogen and oxygen atoms in total. The van der Waals surface area contributed by atoms with Crippen LogP contribution < -0.4 is 10.1 Å². The first-order valence-corrected chi connectivity index (χ1v) is 10.4. The fraction of sp³-hybridized carbons (Fsp3) is 0.240. The number of likely N-dealkylation sites (tertiary alicyclic amines) is 1. The summed E-state index contributed by atoms with van der Waals surface area (Å²) in [6.45, 7) is 0.876. The molecular weight excluding hydrogens is 392 g/mol. The van der Waals surface area contributed by atoms with Gasteiger partial charge in [0.2, 0.25) is 5.91 Å². The molecule has 0 spiro atoms. The number of anilines is 1. The Morgan fingerprint density at radius 1 is 0.968 bits per heavy atom. The van der Waals surface area contributed by atoms with Crippen LogP contribution in [-0.2, 0) is 9.59 Å². The number of nitrogens with one attached hydrogen (secondary N) is 1. The molecule has 1 heterocycles. The Bertz CT molecular complexity index is 1090. The molecular formula is C25H24N2O4. The first-order chi connectivity index (χ1) is 15.2. The molecule has 1 aliphatic rings. The van der Waals surface area contributed by atoms with Crippen molar-refractivity contribution in [3.8, 4) is 5.75 Å². The van der Waals surface area contributed by atoms with Crippen LogP contribution in [0.4, 0.5) is 5.69 Å². The summed E-state index contributed by atoms with van der Waals surface area (Å²) in [6.07, 6.45) is 1.99. The van der Waals surface area contributed by atoms with E-state index in [2.05, 4.69) is 5.32 Å². The van der Waals surface area contributed by atoms with Crippen molar-refractivity contribution in [2.24, 2.45) is 5.92 Å². The summed E-state index contributed by atoms with van der Waals surface area (Å²) in [5, 5.41) is 4.67. The molecule has 0 radical (unpaired) electrons. The monoisotopic (exact) mass is 416 g/mol. The number of aldehydes is 1. The SMILES string of the molecule is O=Cc1c(OCC(=O)N2CCC(C(=O)Nc3ccccc3)CC2)ccc2ccccc12. The number of piperidine rings is 1. The van der Waals surface area contributed by atoms with Crippen molar-refractivity contribution in [3.63, 3.8) is 0 Å². The van der Waals surface area contributed by atoms with Crippen LogP contribution in [0, 0.1) is 5.92 Å². The smallest absolute Gasteiger partial charge is 0.260 e. The van der Waals surface area contributed by atoms with Crippen molar-refractivity contribution in [3.05, 3.63) is 72.3 Å². The van der Waals surface area contributed by atoms with Crippen LogP contribution >= 0.6 is 0 Å². The lowest BCUT2D eigenvalue weighted by Gasteiger charge is -2.31. The van der Waals surface area contributed by atoms with E-state index in [-0.39, 0.29) is 24.3 Å². The van der Waals surface area contributed by atoms with Gasteiger partial charge in [0.15, 0.2) is 12.9 Å². The summed E-state index contributed by atoms with van der Waals surface area (Å²) >= 11 is 0. The number of para-hydroxylation sites is 1. The standard InChI is InChI=1S/C25H24N2O4/c28-16-22-21-9-5-4-6-18(21)10-11-23(22)31-17-24(29)27-14-12-19(13-15-27)25(30)26-20-7-2-1-3-8-20/h1-11,16,19H,12-15,17H2,(H,26,30). The van der Waals surface area contributed by atoms with Gasteiger partial charge in [0.1, 0.15) is 5.75 Å². The molecule has 158 valence electrons. The van der Waals surface area contributed by atoms with Crippen LogP contribution in [0.1, 0.15) is 23.2 Å². The highest BCUT2D eigenvalue weighted by molar-refractivity contribution is 6.01. The van der Waals surface area contributed by atoms with E-state index in [1.165, 1.54) is 0 Å². The number of benzene rings is 3. The Hall–Kier alpha value is -3.67. The normalized spacial score (nSPS) is 14.3. The van der Waals surface area contributed by atoms with E-state index in [9.17, 15) is 14.4 Å². The fourth-order valence-electron chi connectivity index (χ4n) is 3.91. The summed E-state index contributed by atoms with van der Waals surface area (Å²) in [4.78, 5) is 38.4. The molecule has 1 aliphatic heterocycles. The second-order valence-corrected chi connectivity index (χ2v) is 7.62. The van der Waals surface area contributed by atoms with E-state index in [0.29, 0.717) is 37.2 Å². The van der Waals surface area contributed by atoms with Gasteiger partial charge in [-0.2, -0.15) is 0 Å². The molecule has 0 saturated carbocycles. The maximum absolute atomic E-state index is 12.6. The number of carbonyl (C=O) groups excluding carboxylic acids is 3. The van der Waals surface area contributed by atoms with Gasteiger partial charge in [0, 0.05) is 24.7 Å². The maximum Gasteiger partial charge on any atom is 0.260 e. The van der Waals surface area contributed by atoms with Crippen molar-refractivity contribution < 1.29 is 19.1 Å². The quantitative estimate of drug-likeness (QED) is 0.618. The number of ether oxygens (including phenoxy) is 1. The highest BCUT2D eigenvalue weighted by atomic mass is 16.5. The topological polar surface area (TPSA) is 75.7 Å². The number of carbonyl (C=O) groups is 3. The molecule has 1 N–H and O–H groups in total. The zero-order chi connectivity index (χ0) is 21.6. The molecule has 2 amide bonds. The van der Waals surface area contributed by atoms with Crippen LogP contribution in [0.2, 0.25) is 0 Å². The Morgan fingerprint density at radius 3 is 2.42 bits per heavy atom. The second-order valence-electron chi connectivity index (χ2n) is 7.62. The van der Waals surface area contributed by atoms with Gasteiger partial charge in [-0.15, -0.1) is 0 Å². The molecule has 0 atom stereocenters. The average molecular weight is 416 g/mol. The minimum Gasteiger partial charge on any atom is -0.483 e. The number of hydrogen-bond acceptors (Lipinski definition) is 4. The molecule has 0 aromatic heterocycles. The highest BCUT2D eigenvalue weighted by Crippen LogP contribution is 2.27. The largest absolute Gasteiger partial charge is 0.483 e. The zero-order valence-corrected chi connectivity index (χ0v) is 17.1. The third-order valence-electron chi connectivity index (χ3n) is 5.66. The molecule has 0 aliphatic carbocycles. The number of nitrogens with zero attached hydrogens (tertiary/aromatic N) is 1. The third-order valence-corrected chi connectivity index (χ3v) is 5.66. The second kappa shape index (κ2) is 9.43. The predicted molar refractivity (Wildman–Crippen MR) is 119 cm³/mol. The number of hydrogen-bond donors (Lipinski definition) is 1. The van der Waals surface area contributed by atoms with E-state index in [4.69, 9.17) is 4.74 Å². The molecule has 31 heavy (non-hydrogen) atoms. The Balaban J connectivity index is 1.31. The summed E-state index contributed by atoms with van der Waals surface area (Å²) in [5.74, 6) is 0.125. The fourth-order valence-corrected chi connectivity index (χ4v) is 3.91. The lowest BCUT2D eigenvalue weighted by atomic mass is 9.95. The first-order valence-electron chi connectivity index (χ1n) is 10.4.